The molecule has 2 N–H and O–H groups in total. The molecule has 9 heteroatoms. The van der Waals surface area contributed by atoms with Gasteiger partial charge in [-0.05, 0) is 0 Å². The maximum atomic E-state index is 12.6. The highest BCUT2D eigenvalue weighted by Gasteiger charge is 2.57. The van der Waals surface area contributed by atoms with Gasteiger partial charge in [-0.3, -0.25) is 9.59 Å². The van der Waals surface area contributed by atoms with Gasteiger partial charge >= 0.3 is 6.18 Å². The lowest BCUT2D eigenvalue weighted by atomic mass is 10.0. The number of carbonyl (C=O) groups is 2. The fourth-order valence-electron chi connectivity index (χ4n) is 2.31. The molecule has 2 rings (SSSR count). The van der Waals surface area contributed by atoms with Gasteiger partial charge in [0.1, 0.15) is 0 Å². The summed E-state index contributed by atoms with van der Waals surface area (Å²) in [6.45, 7) is -0.146. The first-order valence-electron chi connectivity index (χ1n) is 6.28. The lowest BCUT2D eigenvalue weighted by molar-refractivity contribution is -0.253. The third kappa shape index (κ3) is 2.88. The maximum Gasteiger partial charge on any atom is 0.419 e. The SMILES string of the molecule is O=C1CNCCN1CC(=O)N1CC[C@](O)(C(F)(F)F)C1. The molecule has 0 aromatic heterocycles. The number of hydrogen-bond donors (Lipinski definition) is 2. The number of amides is 2. The second kappa shape index (κ2) is 5.21. The van der Waals surface area contributed by atoms with E-state index in [9.17, 15) is 27.9 Å². The molecule has 0 aromatic rings. The van der Waals surface area contributed by atoms with Gasteiger partial charge < -0.3 is 20.2 Å². The predicted molar refractivity (Wildman–Crippen MR) is 61.7 cm³/mol. The Morgan fingerprint density at radius 3 is 2.65 bits per heavy atom. The van der Waals surface area contributed by atoms with Crippen molar-refractivity contribution in [2.45, 2.75) is 18.2 Å². The third-order valence-electron chi connectivity index (χ3n) is 3.64. The van der Waals surface area contributed by atoms with Gasteiger partial charge in [-0.2, -0.15) is 13.2 Å². The molecule has 2 fully saturated rings. The average Bonchev–Trinajstić information content (AvgIpc) is 2.76. The number of nitrogens with one attached hydrogen (secondary N) is 1. The molecule has 1 atom stereocenters. The van der Waals surface area contributed by atoms with Crippen LogP contribution >= 0.6 is 0 Å². The zero-order valence-corrected chi connectivity index (χ0v) is 10.7. The van der Waals surface area contributed by atoms with Crippen molar-refractivity contribution in [1.29, 1.82) is 0 Å². The Hall–Kier alpha value is -1.35. The second-order valence-corrected chi connectivity index (χ2v) is 5.09. The second-order valence-electron chi connectivity index (χ2n) is 5.09. The summed E-state index contributed by atoms with van der Waals surface area (Å²) in [4.78, 5) is 25.7. The lowest BCUT2D eigenvalue weighted by Crippen LogP contribution is -2.53. The highest BCUT2D eigenvalue weighted by atomic mass is 19.4. The fraction of sp³-hybridized carbons (Fsp3) is 0.818. The normalized spacial score (nSPS) is 28.1. The highest BCUT2D eigenvalue weighted by molar-refractivity contribution is 5.86. The molecule has 114 valence electrons. The minimum Gasteiger partial charge on any atom is -0.379 e. The van der Waals surface area contributed by atoms with Gasteiger partial charge in [0.25, 0.3) is 0 Å². The molecule has 0 saturated carbocycles. The molecule has 0 unspecified atom stereocenters. The lowest BCUT2D eigenvalue weighted by Gasteiger charge is -2.29. The molecule has 0 spiro atoms. The summed E-state index contributed by atoms with van der Waals surface area (Å²) in [5.74, 6) is -0.824. The Morgan fingerprint density at radius 2 is 2.10 bits per heavy atom. The molecule has 0 bridgehead atoms. The van der Waals surface area contributed by atoms with Crippen molar-refractivity contribution in [3.63, 3.8) is 0 Å². The number of nitrogens with zero attached hydrogens (tertiary/aromatic N) is 2. The van der Waals surface area contributed by atoms with E-state index in [1.165, 1.54) is 4.90 Å². The topological polar surface area (TPSA) is 72.9 Å². The predicted octanol–water partition coefficient (Wildman–Crippen LogP) is -1.06. The van der Waals surface area contributed by atoms with Crippen LogP contribution in [-0.2, 0) is 9.59 Å². The summed E-state index contributed by atoms with van der Waals surface area (Å²) in [6, 6.07) is 0. The number of carbonyl (C=O) groups excluding carboxylic acids is 2. The van der Waals surface area contributed by atoms with E-state index in [-0.39, 0.29) is 25.5 Å². The first-order valence-corrected chi connectivity index (χ1v) is 6.28. The summed E-state index contributed by atoms with van der Waals surface area (Å²) < 4.78 is 37.9. The summed E-state index contributed by atoms with van der Waals surface area (Å²) in [6.07, 6.45) is -5.29. The summed E-state index contributed by atoms with van der Waals surface area (Å²) in [7, 11) is 0. The molecule has 2 heterocycles. The van der Waals surface area contributed by atoms with Gasteiger partial charge in [-0.15, -0.1) is 0 Å². The van der Waals surface area contributed by atoms with Crippen LogP contribution in [0.2, 0.25) is 0 Å². The highest BCUT2D eigenvalue weighted by Crippen LogP contribution is 2.37. The Balaban J connectivity index is 1.93. The monoisotopic (exact) mass is 295 g/mol. The van der Waals surface area contributed by atoms with Crippen molar-refractivity contribution in [1.82, 2.24) is 15.1 Å². The molecule has 6 nitrogen and oxygen atoms in total. The summed E-state index contributed by atoms with van der Waals surface area (Å²) in [5.41, 5.74) is -2.84. The van der Waals surface area contributed by atoms with Crippen LogP contribution in [0.1, 0.15) is 6.42 Å². The molecule has 2 amide bonds. The van der Waals surface area contributed by atoms with E-state index >= 15 is 0 Å². The number of β-amino-alcohol motifs (C(OH)–C–C–N with tert-alkyl or cyclic N) is 1. The molecular weight excluding hydrogens is 279 g/mol. The number of rotatable bonds is 2. The van der Waals surface area contributed by atoms with Crippen molar-refractivity contribution < 1.29 is 27.9 Å². The van der Waals surface area contributed by atoms with Crippen molar-refractivity contribution in [3.05, 3.63) is 0 Å². The largest absolute Gasteiger partial charge is 0.419 e. The molecule has 0 aromatic carbocycles. The molecule has 2 aliphatic heterocycles. The molecule has 0 radical (unpaired) electrons. The van der Waals surface area contributed by atoms with Gasteiger partial charge in [0.15, 0.2) is 5.60 Å². The van der Waals surface area contributed by atoms with Crippen molar-refractivity contribution >= 4 is 11.8 Å². The number of piperazine rings is 1. The minimum atomic E-state index is -4.76. The Labute approximate surface area is 113 Å². The third-order valence-corrected chi connectivity index (χ3v) is 3.64. The Kier molecular flexibility index (Phi) is 3.92. The van der Waals surface area contributed by atoms with E-state index in [1.807, 2.05) is 0 Å². The Morgan fingerprint density at radius 1 is 1.40 bits per heavy atom. The minimum absolute atomic E-state index is 0.125. The number of likely N-dealkylation sites (tertiary alicyclic amines) is 1. The van der Waals surface area contributed by atoms with Crippen LogP contribution in [0, 0.1) is 0 Å². The first kappa shape index (κ1) is 15.0. The van der Waals surface area contributed by atoms with Crippen LogP contribution in [0.4, 0.5) is 13.2 Å². The van der Waals surface area contributed by atoms with Gasteiger partial charge in [-0.25, -0.2) is 0 Å². The first-order chi connectivity index (χ1) is 9.23. The molecule has 20 heavy (non-hydrogen) atoms. The van der Waals surface area contributed by atoms with Gasteiger partial charge in [0, 0.05) is 26.1 Å². The number of aliphatic hydroxyl groups is 1. The smallest absolute Gasteiger partial charge is 0.379 e. The van der Waals surface area contributed by atoms with Crippen LogP contribution in [0.5, 0.6) is 0 Å². The maximum absolute atomic E-state index is 12.6. The van der Waals surface area contributed by atoms with Crippen LogP contribution in [0.25, 0.3) is 0 Å². The van der Waals surface area contributed by atoms with Crippen molar-refractivity contribution in [3.8, 4) is 0 Å². The fourth-order valence-corrected chi connectivity index (χ4v) is 2.31. The molecule has 2 saturated heterocycles. The van der Waals surface area contributed by atoms with Crippen molar-refractivity contribution in [2.24, 2.45) is 0 Å². The molecule has 0 aliphatic carbocycles. The van der Waals surface area contributed by atoms with Crippen LogP contribution in [0.3, 0.4) is 0 Å². The van der Waals surface area contributed by atoms with Crippen LogP contribution in [0.15, 0.2) is 0 Å². The van der Waals surface area contributed by atoms with E-state index in [2.05, 4.69) is 5.32 Å². The molecule has 2 aliphatic rings. The average molecular weight is 295 g/mol. The van der Waals surface area contributed by atoms with E-state index < -0.39 is 30.7 Å². The summed E-state index contributed by atoms with van der Waals surface area (Å²) in [5, 5.41) is 12.3. The van der Waals surface area contributed by atoms with Crippen LogP contribution < -0.4 is 5.32 Å². The van der Waals surface area contributed by atoms with Gasteiger partial charge in [0.2, 0.25) is 11.8 Å². The van der Waals surface area contributed by atoms with E-state index in [1.54, 1.807) is 0 Å². The Bertz CT molecular complexity index is 415. The number of hydrogen-bond acceptors (Lipinski definition) is 4. The van der Waals surface area contributed by atoms with Crippen LogP contribution in [-0.4, -0.2) is 77.8 Å². The zero-order valence-electron chi connectivity index (χ0n) is 10.7. The zero-order chi connectivity index (χ0) is 15.0. The van der Waals surface area contributed by atoms with E-state index in [0.717, 1.165) is 4.90 Å². The summed E-state index contributed by atoms with van der Waals surface area (Å²) >= 11 is 0. The van der Waals surface area contributed by atoms with E-state index in [0.29, 0.717) is 13.1 Å². The number of halogens is 3. The standard InChI is InChI=1S/C11H16F3N3O3/c12-11(13,14)10(20)1-3-17(7-10)9(19)6-16-4-2-15-5-8(16)18/h15,20H,1-7H2/t10-/m1/s1. The van der Waals surface area contributed by atoms with Gasteiger partial charge in [-0.1, -0.05) is 0 Å². The molecular formula is C11H16F3N3O3. The van der Waals surface area contributed by atoms with Gasteiger partial charge in [0.05, 0.1) is 19.6 Å². The quantitative estimate of drug-likeness (QED) is 0.681. The number of alkyl halides is 3. The van der Waals surface area contributed by atoms with E-state index in [4.69, 9.17) is 0 Å². The van der Waals surface area contributed by atoms with Crippen molar-refractivity contribution in [2.75, 3.05) is 39.3 Å².